The molecule has 4 rings (SSSR count). The standard InChI is InChI=1S/C18H13NO3S/c20-18(22-11-13-5-3-4-8-19-13)16-9-12-10-21-15-7-2-1-6-14(15)17(12)23-16/h1-9H,10-11H2. The maximum atomic E-state index is 12.3. The smallest absolute Gasteiger partial charge is 0.348 e. The summed E-state index contributed by atoms with van der Waals surface area (Å²) in [5.74, 6) is 0.530. The average molecular weight is 323 g/mol. The Morgan fingerprint density at radius 1 is 1.22 bits per heavy atom. The molecule has 23 heavy (non-hydrogen) atoms. The summed E-state index contributed by atoms with van der Waals surface area (Å²) in [6, 6.07) is 15.2. The van der Waals surface area contributed by atoms with Crippen LogP contribution in [0, 0.1) is 0 Å². The van der Waals surface area contributed by atoms with Crippen molar-refractivity contribution in [3.05, 3.63) is 70.9 Å². The molecule has 5 heteroatoms. The fourth-order valence-electron chi connectivity index (χ4n) is 2.49. The highest BCUT2D eigenvalue weighted by Crippen LogP contribution is 2.42. The van der Waals surface area contributed by atoms with Crippen LogP contribution in [0.15, 0.2) is 54.7 Å². The van der Waals surface area contributed by atoms with E-state index in [-0.39, 0.29) is 12.6 Å². The number of carbonyl (C=O) groups is 1. The highest BCUT2D eigenvalue weighted by atomic mass is 32.1. The maximum Gasteiger partial charge on any atom is 0.348 e. The number of hydrogen-bond donors (Lipinski definition) is 0. The predicted molar refractivity (Wildman–Crippen MR) is 87.4 cm³/mol. The highest BCUT2D eigenvalue weighted by Gasteiger charge is 2.23. The zero-order valence-electron chi connectivity index (χ0n) is 12.2. The van der Waals surface area contributed by atoms with E-state index in [1.165, 1.54) is 11.3 Å². The molecule has 3 heterocycles. The van der Waals surface area contributed by atoms with E-state index in [1.54, 1.807) is 6.20 Å². The SMILES string of the molecule is O=C(OCc1ccccn1)c1cc2c(s1)-c1ccccc1OC2. The molecule has 1 aromatic carbocycles. The molecule has 2 aromatic heterocycles. The number of ether oxygens (including phenoxy) is 2. The monoisotopic (exact) mass is 323 g/mol. The predicted octanol–water partition coefficient (Wildman–Crippen LogP) is 4.06. The molecule has 4 nitrogen and oxygen atoms in total. The second-order valence-corrected chi connectivity index (χ2v) is 6.20. The summed E-state index contributed by atoms with van der Waals surface area (Å²) in [5.41, 5.74) is 2.79. The molecule has 0 unspecified atom stereocenters. The van der Waals surface area contributed by atoms with Crippen LogP contribution >= 0.6 is 11.3 Å². The van der Waals surface area contributed by atoms with Gasteiger partial charge in [0.05, 0.1) is 5.69 Å². The molecule has 0 N–H and O–H groups in total. The summed E-state index contributed by atoms with van der Waals surface area (Å²) in [5, 5.41) is 0. The van der Waals surface area contributed by atoms with Crippen molar-refractivity contribution in [2.45, 2.75) is 13.2 Å². The Morgan fingerprint density at radius 2 is 2.09 bits per heavy atom. The van der Waals surface area contributed by atoms with Gasteiger partial charge in [0.2, 0.25) is 0 Å². The normalized spacial score (nSPS) is 12.0. The first-order valence-corrected chi connectivity index (χ1v) is 8.05. The van der Waals surface area contributed by atoms with E-state index in [1.807, 2.05) is 48.5 Å². The van der Waals surface area contributed by atoms with Gasteiger partial charge in [-0.25, -0.2) is 4.79 Å². The van der Waals surface area contributed by atoms with Gasteiger partial charge >= 0.3 is 5.97 Å². The Labute approximate surface area is 137 Å². The molecule has 0 aliphatic carbocycles. The molecule has 0 radical (unpaired) electrons. The molecule has 0 bridgehead atoms. The fourth-order valence-corrected chi connectivity index (χ4v) is 3.59. The molecule has 114 valence electrons. The van der Waals surface area contributed by atoms with Crippen LogP contribution in [0.5, 0.6) is 5.75 Å². The molecule has 1 aliphatic rings. The van der Waals surface area contributed by atoms with Crippen molar-refractivity contribution < 1.29 is 14.3 Å². The highest BCUT2D eigenvalue weighted by molar-refractivity contribution is 7.17. The molecule has 1 aliphatic heterocycles. The minimum Gasteiger partial charge on any atom is -0.488 e. The first kappa shape index (κ1) is 14.0. The number of benzene rings is 1. The molecular formula is C18H13NO3S. The third kappa shape index (κ3) is 2.71. The molecule has 0 amide bonds. The number of nitrogens with zero attached hydrogens (tertiary/aromatic N) is 1. The van der Waals surface area contributed by atoms with Crippen molar-refractivity contribution in [1.82, 2.24) is 4.98 Å². The Kier molecular flexibility index (Phi) is 3.55. The number of pyridine rings is 1. The summed E-state index contributed by atoms with van der Waals surface area (Å²) >= 11 is 1.45. The first-order chi connectivity index (χ1) is 11.3. The van der Waals surface area contributed by atoms with Gasteiger partial charge in [-0.05, 0) is 30.3 Å². The van der Waals surface area contributed by atoms with E-state index in [4.69, 9.17) is 9.47 Å². The summed E-state index contributed by atoms with van der Waals surface area (Å²) in [6.45, 7) is 0.658. The van der Waals surface area contributed by atoms with E-state index in [9.17, 15) is 4.79 Å². The number of fused-ring (bicyclic) bond motifs is 3. The Bertz CT molecular complexity index is 858. The van der Waals surface area contributed by atoms with Gasteiger partial charge < -0.3 is 9.47 Å². The van der Waals surface area contributed by atoms with Crippen LogP contribution in [0.3, 0.4) is 0 Å². The number of esters is 1. The van der Waals surface area contributed by atoms with Crippen molar-refractivity contribution in [2.24, 2.45) is 0 Å². The van der Waals surface area contributed by atoms with Crippen molar-refractivity contribution in [1.29, 1.82) is 0 Å². The fraction of sp³-hybridized carbons (Fsp3) is 0.111. The van der Waals surface area contributed by atoms with Gasteiger partial charge in [-0.3, -0.25) is 4.98 Å². The summed E-state index contributed by atoms with van der Waals surface area (Å²) < 4.78 is 11.1. The third-order valence-corrected chi connectivity index (χ3v) is 4.79. The van der Waals surface area contributed by atoms with Crippen LogP contribution in [-0.2, 0) is 18.0 Å². The van der Waals surface area contributed by atoms with Gasteiger partial charge in [-0.2, -0.15) is 0 Å². The minimum absolute atomic E-state index is 0.176. The molecule has 0 fully saturated rings. The molecule has 0 spiro atoms. The van der Waals surface area contributed by atoms with E-state index in [0.717, 1.165) is 27.4 Å². The molecule has 0 saturated carbocycles. The van der Waals surface area contributed by atoms with Gasteiger partial charge in [-0.1, -0.05) is 18.2 Å². The lowest BCUT2D eigenvalue weighted by Crippen LogP contribution is -2.04. The number of para-hydroxylation sites is 1. The number of aromatic nitrogens is 1. The van der Waals surface area contributed by atoms with Crippen molar-refractivity contribution in [3.63, 3.8) is 0 Å². The van der Waals surface area contributed by atoms with Crippen molar-refractivity contribution in [3.8, 4) is 16.2 Å². The largest absolute Gasteiger partial charge is 0.488 e. The van der Waals surface area contributed by atoms with Crippen LogP contribution < -0.4 is 4.74 Å². The maximum absolute atomic E-state index is 12.3. The number of rotatable bonds is 3. The van der Waals surface area contributed by atoms with Crippen LogP contribution in [0.25, 0.3) is 10.4 Å². The zero-order valence-corrected chi connectivity index (χ0v) is 13.0. The topological polar surface area (TPSA) is 48.4 Å². The molecule has 0 atom stereocenters. The quantitative estimate of drug-likeness (QED) is 0.682. The summed E-state index contributed by atoms with van der Waals surface area (Å²) in [7, 11) is 0. The van der Waals surface area contributed by atoms with Crippen LogP contribution in [0.2, 0.25) is 0 Å². The Hall–Kier alpha value is -2.66. The summed E-state index contributed by atoms with van der Waals surface area (Å²) in [4.78, 5) is 18.1. The van der Waals surface area contributed by atoms with Gasteiger partial charge in [-0.15, -0.1) is 11.3 Å². The Balaban J connectivity index is 1.55. The minimum atomic E-state index is -0.326. The van der Waals surface area contributed by atoms with E-state index in [2.05, 4.69) is 4.98 Å². The molecule has 0 saturated heterocycles. The van der Waals surface area contributed by atoms with Crippen LogP contribution in [0.4, 0.5) is 0 Å². The van der Waals surface area contributed by atoms with Gasteiger partial charge in [0.1, 0.15) is 23.8 Å². The van der Waals surface area contributed by atoms with Crippen molar-refractivity contribution >= 4 is 17.3 Å². The lowest BCUT2D eigenvalue weighted by atomic mass is 10.1. The zero-order chi connectivity index (χ0) is 15.6. The van der Waals surface area contributed by atoms with E-state index < -0.39 is 0 Å². The third-order valence-electron chi connectivity index (χ3n) is 3.60. The number of thiophene rings is 1. The van der Waals surface area contributed by atoms with Gasteiger partial charge in [0.25, 0.3) is 0 Å². The van der Waals surface area contributed by atoms with Crippen LogP contribution in [-0.4, -0.2) is 11.0 Å². The first-order valence-electron chi connectivity index (χ1n) is 7.23. The average Bonchev–Trinajstić information content (AvgIpc) is 3.05. The lowest BCUT2D eigenvalue weighted by molar-refractivity contribution is 0.0473. The van der Waals surface area contributed by atoms with E-state index >= 15 is 0 Å². The van der Waals surface area contributed by atoms with Crippen LogP contribution in [0.1, 0.15) is 20.9 Å². The molecule has 3 aromatic rings. The van der Waals surface area contributed by atoms with Crippen molar-refractivity contribution in [2.75, 3.05) is 0 Å². The van der Waals surface area contributed by atoms with Gasteiger partial charge in [0, 0.05) is 22.2 Å². The number of carbonyl (C=O) groups excluding carboxylic acids is 1. The lowest BCUT2D eigenvalue weighted by Gasteiger charge is -2.16. The second-order valence-electron chi connectivity index (χ2n) is 5.15. The summed E-state index contributed by atoms with van der Waals surface area (Å²) in [6.07, 6.45) is 1.68. The molecular weight excluding hydrogens is 310 g/mol. The number of hydrogen-bond acceptors (Lipinski definition) is 5. The van der Waals surface area contributed by atoms with E-state index in [0.29, 0.717) is 11.5 Å². The second kappa shape index (κ2) is 5.85. The Morgan fingerprint density at radius 3 is 2.96 bits per heavy atom. The van der Waals surface area contributed by atoms with Gasteiger partial charge in [0.15, 0.2) is 0 Å².